The van der Waals surface area contributed by atoms with Crippen LogP contribution in [0.15, 0.2) is 0 Å². The van der Waals surface area contributed by atoms with Crippen molar-refractivity contribution in [2.24, 2.45) is 5.92 Å². The van der Waals surface area contributed by atoms with Gasteiger partial charge in [0.05, 0.1) is 5.75 Å². The maximum Gasteiger partial charge on any atom is 0.322 e. The van der Waals surface area contributed by atoms with Crippen molar-refractivity contribution < 1.29 is 18.0 Å². The molecule has 90 valence electrons. The number of nitrogens with one attached hydrogen (secondary N) is 2. The van der Waals surface area contributed by atoms with Crippen molar-refractivity contribution in [2.75, 3.05) is 12.0 Å². The number of hydrogen-bond acceptors (Lipinski definition) is 4. The van der Waals surface area contributed by atoms with Crippen molar-refractivity contribution in [3.8, 4) is 0 Å². The summed E-state index contributed by atoms with van der Waals surface area (Å²) < 4.78 is 22.5. The van der Waals surface area contributed by atoms with Crippen molar-refractivity contribution in [1.82, 2.24) is 10.6 Å². The van der Waals surface area contributed by atoms with Gasteiger partial charge >= 0.3 is 6.03 Å². The average Bonchev–Trinajstić information content (AvgIpc) is 2.58. The van der Waals surface area contributed by atoms with E-state index in [1.165, 1.54) is 0 Å². The molecule has 1 saturated heterocycles. The Morgan fingerprint density at radius 3 is 2.62 bits per heavy atom. The normalized spacial score (nSPS) is 34.2. The Kier molecular flexibility index (Phi) is 2.45. The molecule has 1 saturated carbocycles. The van der Waals surface area contributed by atoms with Crippen LogP contribution in [0, 0.1) is 5.92 Å². The highest BCUT2D eigenvalue weighted by Gasteiger charge is 2.54. The Hall–Kier alpha value is -1.11. The predicted molar refractivity (Wildman–Crippen MR) is 56.5 cm³/mol. The van der Waals surface area contributed by atoms with Crippen LogP contribution in [0.4, 0.5) is 4.79 Å². The second-order valence-electron chi connectivity index (χ2n) is 4.56. The van der Waals surface area contributed by atoms with Crippen LogP contribution in [0.25, 0.3) is 0 Å². The van der Waals surface area contributed by atoms with Gasteiger partial charge in [-0.25, -0.2) is 13.2 Å². The summed E-state index contributed by atoms with van der Waals surface area (Å²) >= 11 is 0. The molecule has 0 aromatic heterocycles. The molecule has 3 amide bonds. The number of urea groups is 1. The molecule has 16 heavy (non-hydrogen) atoms. The second kappa shape index (κ2) is 3.44. The first-order valence-electron chi connectivity index (χ1n) is 5.15. The van der Waals surface area contributed by atoms with Gasteiger partial charge in [-0.3, -0.25) is 10.1 Å². The molecule has 0 bridgehead atoms. The molecule has 1 spiro atoms. The Labute approximate surface area is 93.7 Å². The molecule has 2 fully saturated rings. The Morgan fingerprint density at radius 1 is 1.44 bits per heavy atom. The summed E-state index contributed by atoms with van der Waals surface area (Å²) in [5, 5.41) is 4.77. The van der Waals surface area contributed by atoms with E-state index in [1.54, 1.807) is 0 Å². The quantitative estimate of drug-likeness (QED) is 0.637. The number of sulfone groups is 1. The molecule has 1 aliphatic heterocycles. The number of carbonyl (C=O) groups is 2. The third-order valence-electron chi connectivity index (χ3n) is 3.29. The van der Waals surface area contributed by atoms with Crippen LogP contribution in [0.5, 0.6) is 0 Å². The van der Waals surface area contributed by atoms with E-state index in [9.17, 15) is 18.0 Å². The maximum absolute atomic E-state index is 11.7. The first-order chi connectivity index (χ1) is 7.33. The van der Waals surface area contributed by atoms with E-state index >= 15 is 0 Å². The van der Waals surface area contributed by atoms with Crippen LogP contribution in [-0.2, 0) is 14.6 Å². The zero-order chi connectivity index (χ0) is 12.0. The summed E-state index contributed by atoms with van der Waals surface area (Å²) in [5.74, 6) is -0.752. The molecule has 7 heteroatoms. The van der Waals surface area contributed by atoms with Gasteiger partial charge in [-0.15, -0.1) is 0 Å². The summed E-state index contributed by atoms with van der Waals surface area (Å²) in [7, 11) is -3.14. The number of hydrogen-bond donors (Lipinski definition) is 2. The Bertz CT molecular complexity index is 444. The third kappa shape index (κ3) is 1.79. The molecule has 0 aromatic carbocycles. The maximum atomic E-state index is 11.7. The van der Waals surface area contributed by atoms with Crippen LogP contribution in [0.1, 0.15) is 19.3 Å². The molecule has 1 heterocycles. The molecular weight excluding hydrogens is 232 g/mol. The molecule has 2 atom stereocenters. The minimum absolute atomic E-state index is 0.0549. The summed E-state index contributed by atoms with van der Waals surface area (Å²) in [4.78, 5) is 22.8. The Balaban J connectivity index is 2.27. The predicted octanol–water partition coefficient (Wildman–Crippen LogP) is -0.591. The lowest BCUT2D eigenvalue weighted by Gasteiger charge is -2.27. The molecule has 0 radical (unpaired) electrons. The van der Waals surface area contributed by atoms with Crippen LogP contribution in [0.2, 0.25) is 0 Å². The molecule has 2 aliphatic rings. The zero-order valence-corrected chi connectivity index (χ0v) is 9.76. The topological polar surface area (TPSA) is 92.3 Å². The molecule has 2 N–H and O–H groups in total. The fourth-order valence-corrected chi connectivity index (χ4v) is 3.82. The lowest BCUT2D eigenvalue weighted by molar-refractivity contribution is -0.124. The summed E-state index contributed by atoms with van der Waals surface area (Å²) in [6.07, 6.45) is 3.08. The Morgan fingerprint density at radius 2 is 2.12 bits per heavy atom. The zero-order valence-electron chi connectivity index (χ0n) is 8.95. The van der Waals surface area contributed by atoms with Gasteiger partial charge in [-0.2, -0.15) is 0 Å². The standard InChI is InChI=1S/C9H14N2O4S/c1-16(14,15)5-6-3-2-4-9(6)7(12)10-8(13)11-9/h6H,2-5H2,1H3,(H2,10,11,12,13). The summed E-state index contributed by atoms with van der Waals surface area (Å²) in [6.45, 7) is 0. The SMILES string of the molecule is CS(=O)(=O)CC1CCCC12NC(=O)NC2=O. The fraction of sp³-hybridized carbons (Fsp3) is 0.778. The van der Waals surface area contributed by atoms with E-state index in [4.69, 9.17) is 0 Å². The highest BCUT2D eigenvalue weighted by molar-refractivity contribution is 7.90. The van der Waals surface area contributed by atoms with Gasteiger partial charge < -0.3 is 5.32 Å². The van der Waals surface area contributed by atoms with Crippen molar-refractivity contribution in [2.45, 2.75) is 24.8 Å². The third-order valence-corrected chi connectivity index (χ3v) is 4.30. The van der Waals surface area contributed by atoms with E-state index < -0.39 is 21.4 Å². The van der Waals surface area contributed by atoms with Crippen molar-refractivity contribution in [1.29, 1.82) is 0 Å². The average molecular weight is 246 g/mol. The fourth-order valence-electron chi connectivity index (χ4n) is 2.64. The van der Waals surface area contributed by atoms with Crippen molar-refractivity contribution in [3.05, 3.63) is 0 Å². The number of carbonyl (C=O) groups excluding carboxylic acids is 2. The van der Waals surface area contributed by atoms with Gasteiger partial charge in [0.15, 0.2) is 0 Å². The smallest absolute Gasteiger partial charge is 0.322 e. The lowest BCUT2D eigenvalue weighted by Crippen LogP contribution is -2.51. The first kappa shape index (κ1) is 11.4. The van der Waals surface area contributed by atoms with E-state index in [0.717, 1.165) is 12.7 Å². The number of amides is 3. The van der Waals surface area contributed by atoms with Crippen LogP contribution >= 0.6 is 0 Å². The van der Waals surface area contributed by atoms with Crippen LogP contribution < -0.4 is 10.6 Å². The van der Waals surface area contributed by atoms with Gasteiger partial charge in [0.1, 0.15) is 15.4 Å². The van der Waals surface area contributed by atoms with E-state index in [2.05, 4.69) is 10.6 Å². The number of imide groups is 1. The van der Waals surface area contributed by atoms with E-state index in [1.807, 2.05) is 0 Å². The minimum Gasteiger partial charge on any atom is -0.323 e. The lowest BCUT2D eigenvalue weighted by atomic mass is 9.88. The van der Waals surface area contributed by atoms with Crippen molar-refractivity contribution in [3.63, 3.8) is 0 Å². The molecule has 1 aliphatic carbocycles. The number of rotatable bonds is 2. The summed E-state index contributed by atoms with van der Waals surface area (Å²) in [5.41, 5.74) is -0.986. The molecule has 2 rings (SSSR count). The van der Waals surface area contributed by atoms with Gasteiger partial charge in [0, 0.05) is 12.2 Å². The summed E-state index contributed by atoms with van der Waals surface area (Å²) in [6, 6.07) is -0.523. The molecule has 2 unspecified atom stereocenters. The molecule has 6 nitrogen and oxygen atoms in total. The highest BCUT2D eigenvalue weighted by Crippen LogP contribution is 2.38. The van der Waals surface area contributed by atoms with E-state index in [-0.39, 0.29) is 17.6 Å². The monoisotopic (exact) mass is 246 g/mol. The van der Waals surface area contributed by atoms with E-state index in [0.29, 0.717) is 12.8 Å². The largest absolute Gasteiger partial charge is 0.323 e. The minimum atomic E-state index is -3.14. The second-order valence-corrected chi connectivity index (χ2v) is 6.75. The van der Waals surface area contributed by atoms with Gasteiger partial charge in [-0.05, 0) is 12.8 Å². The van der Waals surface area contributed by atoms with Crippen LogP contribution in [-0.4, -0.2) is 37.9 Å². The highest BCUT2D eigenvalue weighted by atomic mass is 32.2. The molecular formula is C9H14N2O4S. The van der Waals surface area contributed by atoms with Crippen LogP contribution in [0.3, 0.4) is 0 Å². The molecule has 0 aromatic rings. The van der Waals surface area contributed by atoms with Gasteiger partial charge in [0.2, 0.25) is 0 Å². The first-order valence-corrected chi connectivity index (χ1v) is 7.21. The van der Waals surface area contributed by atoms with Gasteiger partial charge in [-0.1, -0.05) is 6.42 Å². The van der Waals surface area contributed by atoms with Crippen molar-refractivity contribution >= 4 is 21.8 Å². The van der Waals surface area contributed by atoms with Gasteiger partial charge in [0.25, 0.3) is 5.91 Å².